The molecule has 9 heteroatoms. The van der Waals surface area contributed by atoms with Gasteiger partial charge in [-0.2, -0.15) is 0 Å². The van der Waals surface area contributed by atoms with E-state index < -0.39 is 16.0 Å². The van der Waals surface area contributed by atoms with Gasteiger partial charge in [-0.3, -0.25) is 9.52 Å². The molecule has 1 aromatic carbocycles. The van der Waals surface area contributed by atoms with Gasteiger partial charge in [0.1, 0.15) is 4.21 Å². The van der Waals surface area contributed by atoms with Crippen LogP contribution in [-0.2, 0) is 21.2 Å². The average molecular weight is 455 g/mol. The Morgan fingerprint density at radius 2 is 1.81 bits per heavy atom. The van der Waals surface area contributed by atoms with E-state index in [2.05, 4.69) is 36.6 Å². The van der Waals surface area contributed by atoms with Crippen LogP contribution < -0.4 is 4.72 Å². The molecule has 0 aliphatic rings. The molecule has 0 atom stereocenters. The number of anilines is 1. The Morgan fingerprint density at radius 1 is 1.19 bits per heavy atom. The third kappa shape index (κ3) is 4.06. The molecule has 2 N–H and O–H groups in total. The number of carboxylic acids is 1. The summed E-state index contributed by atoms with van der Waals surface area (Å²) in [5, 5.41) is 8.72. The van der Waals surface area contributed by atoms with Crippen molar-refractivity contribution in [2.45, 2.75) is 10.6 Å². The lowest BCUT2D eigenvalue weighted by atomic mass is 10.3. The lowest BCUT2D eigenvalue weighted by Crippen LogP contribution is -2.12. The zero-order valence-electron chi connectivity index (χ0n) is 10.3. The van der Waals surface area contributed by atoms with Gasteiger partial charge in [0.05, 0.1) is 12.1 Å². The number of carboxylic acid groups (broad SMARTS) is 1. The van der Waals surface area contributed by atoms with E-state index in [1.807, 2.05) is 0 Å². The SMILES string of the molecule is O=C(O)Cc1ccc(S(=O)(=O)Nc2c(Br)cccc2Br)s1. The predicted octanol–water partition coefficient (Wildman–Crippen LogP) is 3.70. The third-order valence-corrected chi connectivity index (χ3v) is 6.67. The zero-order chi connectivity index (χ0) is 15.6. The summed E-state index contributed by atoms with van der Waals surface area (Å²) in [5.74, 6) is -0.998. The first-order valence-corrected chi connectivity index (χ1v) is 9.45. The molecule has 0 saturated heterocycles. The number of thiophene rings is 1. The van der Waals surface area contributed by atoms with Gasteiger partial charge in [0.15, 0.2) is 0 Å². The number of carbonyl (C=O) groups is 1. The normalized spacial score (nSPS) is 11.3. The van der Waals surface area contributed by atoms with Gasteiger partial charge < -0.3 is 5.11 Å². The van der Waals surface area contributed by atoms with E-state index in [0.29, 0.717) is 19.5 Å². The van der Waals surface area contributed by atoms with Crippen LogP contribution in [0.5, 0.6) is 0 Å². The topological polar surface area (TPSA) is 83.5 Å². The highest BCUT2D eigenvalue weighted by Crippen LogP contribution is 2.33. The second kappa shape index (κ2) is 6.47. The highest BCUT2D eigenvalue weighted by molar-refractivity contribution is 9.11. The highest BCUT2D eigenvalue weighted by Gasteiger charge is 2.20. The van der Waals surface area contributed by atoms with Crippen LogP contribution in [0.3, 0.4) is 0 Å². The summed E-state index contributed by atoms with van der Waals surface area (Å²) in [6, 6.07) is 8.10. The van der Waals surface area contributed by atoms with Crippen molar-refractivity contribution >= 4 is 64.9 Å². The van der Waals surface area contributed by atoms with Crippen molar-refractivity contribution in [3.63, 3.8) is 0 Å². The van der Waals surface area contributed by atoms with Crippen molar-refractivity contribution in [1.82, 2.24) is 0 Å². The van der Waals surface area contributed by atoms with Gasteiger partial charge in [0, 0.05) is 13.8 Å². The minimum Gasteiger partial charge on any atom is -0.481 e. The smallest absolute Gasteiger partial charge is 0.308 e. The number of sulfonamides is 1. The van der Waals surface area contributed by atoms with Crippen LogP contribution in [0.2, 0.25) is 0 Å². The molecule has 1 aromatic heterocycles. The minimum atomic E-state index is -3.76. The minimum absolute atomic E-state index is 0.0707. The molecule has 0 spiro atoms. The number of rotatable bonds is 5. The first-order chi connectivity index (χ1) is 9.79. The summed E-state index contributed by atoms with van der Waals surface area (Å²) in [5.41, 5.74) is 0.394. The number of halogens is 2. The standard InChI is InChI=1S/C12H9Br2NO4S2/c13-8-2-1-3-9(14)12(8)15-21(18,19)11-5-4-7(20-11)6-10(16)17/h1-5,15H,6H2,(H,16,17). The van der Waals surface area contributed by atoms with Gasteiger partial charge in [0.2, 0.25) is 0 Å². The molecule has 2 aromatic rings. The van der Waals surface area contributed by atoms with E-state index in [1.165, 1.54) is 12.1 Å². The monoisotopic (exact) mass is 453 g/mol. The van der Waals surface area contributed by atoms with Gasteiger partial charge in [-0.25, -0.2) is 8.42 Å². The molecule has 0 aliphatic heterocycles. The number of hydrogen-bond donors (Lipinski definition) is 2. The Labute approximate surface area is 142 Å². The molecular formula is C12H9Br2NO4S2. The fraction of sp³-hybridized carbons (Fsp3) is 0.0833. The Morgan fingerprint density at radius 3 is 2.38 bits per heavy atom. The number of aliphatic carboxylic acids is 1. The Hall–Kier alpha value is -0.900. The molecule has 0 radical (unpaired) electrons. The van der Waals surface area contributed by atoms with E-state index in [-0.39, 0.29) is 10.6 Å². The van der Waals surface area contributed by atoms with Gasteiger partial charge >= 0.3 is 5.97 Å². The molecule has 21 heavy (non-hydrogen) atoms. The van der Waals surface area contributed by atoms with Crippen LogP contribution in [0, 0.1) is 0 Å². The molecule has 1 heterocycles. The third-order valence-electron chi connectivity index (χ3n) is 2.43. The first kappa shape index (κ1) is 16.5. The molecule has 0 aliphatic carbocycles. The van der Waals surface area contributed by atoms with Crippen molar-refractivity contribution in [3.8, 4) is 0 Å². The molecule has 0 fully saturated rings. The van der Waals surface area contributed by atoms with E-state index >= 15 is 0 Å². The number of hydrogen-bond acceptors (Lipinski definition) is 4. The predicted molar refractivity (Wildman–Crippen MR) is 88.3 cm³/mol. The molecule has 0 unspecified atom stereocenters. The molecule has 0 saturated carbocycles. The number of benzene rings is 1. The van der Waals surface area contributed by atoms with Crippen LogP contribution in [-0.4, -0.2) is 19.5 Å². The molecule has 2 rings (SSSR count). The van der Waals surface area contributed by atoms with Gasteiger partial charge in [-0.05, 0) is 56.1 Å². The van der Waals surface area contributed by atoms with Crippen molar-refractivity contribution < 1.29 is 18.3 Å². The molecule has 0 amide bonds. The van der Waals surface area contributed by atoms with Crippen molar-refractivity contribution in [3.05, 3.63) is 44.2 Å². The largest absolute Gasteiger partial charge is 0.481 e. The molecule has 112 valence electrons. The van der Waals surface area contributed by atoms with Gasteiger partial charge in [-0.15, -0.1) is 11.3 Å². The van der Waals surface area contributed by atoms with E-state index in [9.17, 15) is 13.2 Å². The van der Waals surface area contributed by atoms with Crippen LogP contribution >= 0.6 is 43.2 Å². The molecular weight excluding hydrogens is 446 g/mol. The second-order valence-electron chi connectivity index (χ2n) is 3.99. The Balaban J connectivity index is 2.30. The molecule has 5 nitrogen and oxygen atoms in total. The summed E-state index contributed by atoms with van der Waals surface area (Å²) in [6.07, 6.45) is -0.196. The quantitative estimate of drug-likeness (QED) is 0.721. The summed E-state index contributed by atoms with van der Waals surface area (Å²) in [6.45, 7) is 0. The van der Waals surface area contributed by atoms with E-state index in [0.717, 1.165) is 11.3 Å². The van der Waals surface area contributed by atoms with Crippen LogP contribution in [0.15, 0.2) is 43.5 Å². The van der Waals surface area contributed by atoms with E-state index in [1.54, 1.807) is 18.2 Å². The average Bonchev–Trinajstić information content (AvgIpc) is 2.82. The van der Waals surface area contributed by atoms with Gasteiger partial charge in [-0.1, -0.05) is 6.07 Å². The van der Waals surface area contributed by atoms with E-state index in [4.69, 9.17) is 5.11 Å². The maximum atomic E-state index is 12.3. The highest BCUT2D eigenvalue weighted by atomic mass is 79.9. The fourth-order valence-corrected chi connectivity index (χ4v) is 5.43. The number of para-hydroxylation sites is 1. The zero-order valence-corrected chi connectivity index (χ0v) is 15.1. The summed E-state index contributed by atoms with van der Waals surface area (Å²) in [4.78, 5) is 11.1. The maximum absolute atomic E-state index is 12.3. The second-order valence-corrected chi connectivity index (χ2v) is 8.78. The fourth-order valence-electron chi connectivity index (χ4n) is 1.53. The first-order valence-electron chi connectivity index (χ1n) is 5.57. The van der Waals surface area contributed by atoms with Crippen LogP contribution in [0.4, 0.5) is 5.69 Å². The van der Waals surface area contributed by atoms with Crippen molar-refractivity contribution in [1.29, 1.82) is 0 Å². The number of nitrogens with one attached hydrogen (secondary N) is 1. The summed E-state index contributed by atoms with van der Waals surface area (Å²) in [7, 11) is -3.76. The van der Waals surface area contributed by atoms with Crippen molar-refractivity contribution in [2.75, 3.05) is 4.72 Å². The lowest BCUT2D eigenvalue weighted by Gasteiger charge is -2.10. The van der Waals surface area contributed by atoms with Crippen LogP contribution in [0.25, 0.3) is 0 Å². The summed E-state index contributed by atoms with van der Waals surface area (Å²) >= 11 is 7.50. The van der Waals surface area contributed by atoms with Crippen LogP contribution in [0.1, 0.15) is 4.88 Å². The lowest BCUT2D eigenvalue weighted by molar-refractivity contribution is -0.136. The Kier molecular flexibility index (Phi) is 5.07. The maximum Gasteiger partial charge on any atom is 0.308 e. The summed E-state index contributed by atoms with van der Waals surface area (Å²) < 4.78 is 28.4. The molecule has 0 bridgehead atoms. The Bertz CT molecular complexity index is 766. The van der Waals surface area contributed by atoms with Gasteiger partial charge in [0.25, 0.3) is 10.0 Å². The van der Waals surface area contributed by atoms with Crippen molar-refractivity contribution in [2.24, 2.45) is 0 Å².